The summed E-state index contributed by atoms with van der Waals surface area (Å²) in [5, 5.41) is 2.79. The highest BCUT2D eigenvalue weighted by atomic mass is 16.5. The van der Waals surface area contributed by atoms with Crippen LogP contribution >= 0.6 is 0 Å². The number of methoxy groups -OCH3 is 1. The molecule has 1 atom stereocenters. The van der Waals surface area contributed by atoms with E-state index >= 15 is 0 Å². The summed E-state index contributed by atoms with van der Waals surface area (Å²) >= 11 is 0. The van der Waals surface area contributed by atoms with Gasteiger partial charge in [0.25, 0.3) is 0 Å². The minimum Gasteiger partial charge on any atom is -0.469 e. The first kappa shape index (κ1) is 9.03. The summed E-state index contributed by atoms with van der Waals surface area (Å²) in [4.78, 5) is 21.5. The van der Waals surface area contributed by atoms with Crippen molar-refractivity contribution in [2.45, 2.75) is 31.7 Å². The number of carbonyl (C=O) groups excluding carboxylic acids is 2. The zero-order valence-electron chi connectivity index (χ0n) is 7.13. The summed E-state index contributed by atoms with van der Waals surface area (Å²) in [6, 6.07) is 0.177. The molecule has 0 aromatic rings. The molecule has 1 saturated heterocycles. The third-order valence-electron chi connectivity index (χ3n) is 2.01. The zero-order valence-corrected chi connectivity index (χ0v) is 7.13. The minimum atomic E-state index is -0.212. The van der Waals surface area contributed by atoms with E-state index in [1.54, 1.807) is 0 Å². The van der Waals surface area contributed by atoms with Gasteiger partial charge in [0.2, 0.25) is 5.91 Å². The fourth-order valence-electron chi connectivity index (χ4n) is 1.29. The van der Waals surface area contributed by atoms with Gasteiger partial charge in [0.15, 0.2) is 0 Å². The van der Waals surface area contributed by atoms with Crippen LogP contribution in [0.3, 0.4) is 0 Å². The van der Waals surface area contributed by atoms with Gasteiger partial charge in [-0.1, -0.05) is 0 Å². The summed E-state index contributed by atoms with van der Waals surface area (Å²) in [5.74, 6) is -0.124. The molecule has 1 amide bonds. The molecule has 4 heteroatoms. The molecule has 1 fully saturated rings. The Hall–Kier alpha value is -1.06. The Bertz CT molecular complexity index is 191. The van der Waals surface area contributed by atoms with Gasteiger partial charge in [-0.15, -0.1) is 0 Å². The Morgan fingerprint density at radius 3 is 3.00 bits per heavy atom. The maximum absolute atomic E-state index is 10.7. The predicted octanol–water partition coefficient (Wildman–Crippen LogP) is 0.218. The number of hydrogen-bond donors (Lipinski definition) is 1. The van der Waals surface area contributed by atoms with Crippen molar-refractivity contribution in [1.29, 1.82) is 0 Å². The van der Waals surface area contributed by atoms with Crippen LogP contribution in [0.2, 0.25) is 0 Å². The molecule has 0 aromatic carbocycles. The minimum absolute atomic E-state index is 0.0878. The molecule has 0 radical (unpaired) electrons. The Labute approximate surface area is 71.3 Å². The Balaban J connectivity index is 2.16. The van der Waals surface area contributed by atoms with Crippen molar-refractivity contribution < 1.29 is 14.3 Å². The molecular formula is C8H13NO3. The van der Waals surface area contributed by atoms with Crippen molar-refractivity contribution in [3.63, 3.8) is 0 Å². The first-order valence-electron chi connectivity index (χ1n) is 4.08. The van der Waals surface area contributed by atoms with Gasteiger partial charge in [0.05, 0.1) is 7.11 Å². The van der Waals surface area contributed by atoms with Crippen LogP contribution in [0, 0.1) is 0 Å². The van der Waals surface area contributed by atoms with E-state index in [1.807, 2.05) is 0 Å². The standard InChI is InChI=1S/C8H13NO3/c1-12-8(11)5-3-6-2-4-7(10)9-6/h6H,2-5H2,1H3,(H,9,10). The molecule has 1 unspecified atom stereocenters. The molecule has 1 N–H and O–H groups in total. The van der Waals surface area contributed by atoms with Gasteiger partial charge in [0.1, 0.15) is 0 Å². The molecule has 0 bridgehead atoms. The fraction of sp³-hybridized carbons (Fsp3) is 0.750. The van der Waals surface area contributed by atoms with Crippen molar-refractivity contribution in [2.24, 2.45) is 0 Å². The molecule has 0 aliphatic carbocycles. The third kappa shape index (κ3) is 2.53. The normalized spacial score (nSPS) is 22.1. The fourth-order valence-corrected chi connectivity index (χ4v) is 1.29. The molecule has 0 spiro atoms. The lowest BCUT2D eigenvalue weighted by molar-refractivity contribution is -0.140. The van der Waals surface area contributed by atoms with Crippen LogP contribution in [0.5, 0.6) is 0 Å². The van der Waals surface area contributed by atoms with Gasteiger partial charge >= 0.3 is 5.97 Å². The van der Waals surface area contributed by atoms with E-state index in [-0.39, 0.29) is 17.9 Å². The van der Waals surface area contributed by atoms with Crippen LogP contribution in [0.1, 0.15) is 25.7 Å². The topological polar surface area (TPSA) is 55.4 Å². The Kier molecular flexibility index (Phi) is 3.08. The number of rotatable bonds is 3. The third-order valence-corrected chi connectivity index (χ3v) is 2.01. The summed E-state index contributed by atoms with van der Waals surface area (Å²) in [6.07, 6.45) is 2.52. The van der Waals surface area contributed by atoms with Gasteiger partial charge in [-0.25, -0.2) is 0 Å². The van der Waals surface area contributed by atoms with E-state index in [1.165, 1.54) is 7.11 Å². The number of ether oxygens (including phenoxy) is 1. The predicted molar refractivity (Wildman–Crippen MR) is 42.4 cm³/mol. The Morgan fingerprint density at radius 2 is 2.50 bits per heavy atom. The van der Waals surface area contributed by atoms with Crippen LogP contribution in [0.4, 0.5) is 0 Å². The van der Waals surface area contributed by atoms with Crippen molar-refractivity contribution in [3.05, 3.63) is 0 Å². The maximum atomic E-state index is 10.7. The largest absolute Gasteiger partial charge is 0.469 e. The van der Waals surface area contributed by atoms with Gasteiger partial charge in [-0.05, 0) is 12.8 Å². The Morgan fingerprint density at radius 1 is 1.75 bits per heavy atom. The number of nitrogens with one attached hydrogen (secondary N) is 1. The van der Waals surface area contributed by atoms with Gasteiger partial charge < -0.3 is 10.1 Å². The van der Waals surface area contributed by atoms with Crippen molar-refractivity contribution in [1.82, 2.24) is 5.32 Å². The molecule has 0 saturated carbocycles. The van der Waals surface area contributed by atoms with Crippen LogP contribution < -0.4 is 5.32 Å². The van der Waals surface area contributed by atoms with E-state index < -0.39 is 0 Å². The molecular weight excluding hydrogens is 158 g/mol. The maximum Gasteiger partial charge on any atom is 0.305 e. The smallest absolute Gasteiger partial charge is 0.305 e. The molecule has 4 nitrogen and oxygen atoms in total. The summed E-state index contributed by atoms with van der Waals surface area (Å²) in [7, 11) is 1.37. The second-order valence-electron chi connectivity index (χ2n) is 2.92. The highest BCUT2D eigenvalue weighted by molar-refractivity contribution is 5.78. The zero-order chi connectivity index (χ0) is 8.97. The number of carbonyl (C=O) groups is 2. The van der Waals surface area contributed by atoms with Crippen LogP contribution in [0.25, 0.3) is 0 Å². The quantitative estimate of drug-likeness (QED) is 0.618. The summed E-state index contributed by atoms with van der Waals surface area (Å²) in [6.45, 7) is 0. The van der Waals surface area contributed by atoms with Crippen LogP contribution in [-0.2, 0) is 14.3 Å². The molecule has 1 rings (SSSR count). The number of esters is 1. The van der Waals surface area contributed by atoms with Crippen molar-refractivity contribution in [2.75, 3.05) is 7.11 Å². The molecule has 68 valence electrons. The van der Waals surface area contributed by atoms with Gasteiger partial charge in [-0.3, -0.25) is 9.59 Å². The lowest BCUT2D eigenvalue weighted by Crippen LogP contribution is -2.25. The average Bonchev–Trinajstić information content (AvgIpc) is 2.47. The van der Waals surface area contributed by atoms with Crippen LogP contribution in [0.15, 0.2) is 0 Å². The monoisotopic (exact) mass is 171 g/mol. The number of hydrogen-bond acceptors (Lipinski definition) is 3. The summed E-state index contributed by atoms with van der Waals surface area (Å²) < 4.78 is 4.49. The van der Waals surface area contributed by atoms with E-state index in [4.69, 9.17) is 0 Å². The molecule has 12 heavy (non-hydrogen) atoms. The second-order valence-corrected chi connectivity index (χ2v) is 2.92. The van der Waals surface area contributed by atoms with Crippen molar-refractivity contribution in [3.8, 4) is 0 Å². The van der Waals surface area contributed by atoms with Gasteiger partial charge in [-0.2, -0.15) is 0 Å². The number of amides is 1. The van der Waals surface area contributed by atoms with E-state index in [2.05, 4.69) is 10.1 Å². The second kappa shape index (κ2) is 4.09. The van der Waals surface area contributed by atoms with Gasteiger partial charge in [0, 0.05) is 18.9 Å². The molecule has 1 aliphatic rings. The lowest BCUT2D eigenvalue weighted by atomic mass is 10.1. The molecule has 0 aromatic heterocycles. The molecule has 1 heterocycles. The highest BCUT2D eigenvalue weighted by Gasteiger charge is 2.20. The van der Waals surface area contributed by atoms with Crippen molar-refractivity contribution >= 4 is 11.9 Å². The average molecular weight is 171 g/mol. The van der Waals surface area contributed by atoms with E-state index in [0.29, 0.717) is 19.3 Å². The first-order valence-corrected chi connectivity index (χ1v) is 4.08. The first-order chi connectivity index (χ1) is 5.72. The van der Waals surface area contributed by atoms with E-state index in [0.717, 1.165) is 6.42 Å². The molecule has 1 aliphatic heterocycles. The van der Waals surface area contributed by atoms with E-state index in [9.17, 15) is 9.59 Å². The SMILES string of the molecule is COC(=O)CCC1CCC(=O)N1. The summed E-state index contributed by atoms with van der Waals surface area (Å²) in [5.41, 5.74) is 0. The lowest BCUT2D eigenvalue weighted by Gasteiger charge is -2.07. The highest BCUT2D eigenvalue weighted by Crippen LogP contribution is 2.11. The van der Waals surface area contributed by atoms with Crippen LogP contribution in [-0.4, -0.2) is 25.0 Å².